The summed E-state index contributed by atoms with van der Waals surface area (Å²) in [5.74, 6) is -7.28. The van der Waals surface area contributed by atoms with E-state index in [1.807, 2.05) is 74.5 Å². The molecule has 0 unspecified atom stereocenters. The van der Waals surface area contributed by atoms with E-state index in [9.17, 15) is 46.8 Å². The third-order valence-corrected chi connectivity index (χ3v) is 18.9. The first-order valence-corrected chi connectivity index (χ1v) is 31.6. The summed E-state index contributed by atoms with van der Waals surface area (Å²) in [5, 5.41) is 41.8. The number of benzene rings is 2. The van der Waals surface area contributed by atoms with Crippen molar-refractivity contribution in [1.29, 1.82) is 0 Å². The quantitative estimate of drug-likeness (QED) is 0.0393. The molecule has 27 heteroatoms. The van der Waals surface area contributed by atoms with Gasteiger partial charge in [-0.3, -0.25) is 29.0 Å². The Kier molecular flexibility index (Phi) is 24.4. The first-order chi connectivity index (χ1) is 42.6. The molecule has 8 aliphatic rings. The van der Waals surface area contributed by atoms with Gasteiger partial charge >= 0.3 is 21.4 Å². The van der Waals surface area contributed by atoms with Gasteiger partial charge in [0.15, 0.2) is 0 Å². The van der Waals surface area contributed by atoms with Gasteiger partial charge in [-0.15, -0.1) is 0 Å². The molecular weight excluding hydrogens is 1180 g/mol. The van der Waals surface area contributed by atoms with Crippen LogP contribution in [-0.2, 0) is 50.8 Å². The second-order valence-electron chi connectivity index (χ2n) is 27.6. The van der Waals surface area contributed by atoms with Crippen LogP contribution in [0.25, 0.3) is 9.69 Å². The molecule has 3 aliphatic carbocycles. The molecule has 6 N–H and O–H groups in total. The Hall–Kier alpha value is -5.71. The molecular formula is C64H91B3F4N8O12. The first-order valence-electron chi connectivity index (χ1n) is 31.6. The van der Waals surface area contributed by atoms with Crippen molar-refractivity contribution in [1.82, 2.24) is 30.2 Å². The van der Waals surface area contributed by atoms with Gasteiger partial charge in [0.1, 0.15) is 0 Å². The van der Waals surface area contributed by atoms with Gasteiger partial charge in [0, 0.05) is 63.2 Å². The van der Waals surface area contributed by atoms with Crippen molar-refractivity contribution in [2.24, 2.45) is 23.2 Å². The van der Waals surface area contributed by atoms with Gasteiger partial charge in [0.05, 0.1) is 88.1 Å². The summed E-state index contributed by atoms with van der Waals surface area (Å²) < 4.78 is 80.0. The molecule has 91 heavy (non-hydrogen) atoms. The van der Waals surface area contributed by atoms with Crippen LogP contribution in [0.5, 0.6) is 0 Å². The number of nitrogens with one attached hydrogen (secondary N) is 2. The summed E-state index contributed by atoms with van der Waals surface area (Å²) in [6.45, 7) is 33.3. The van der Waals surface area contributed by atoms with Gasteiger partial charge in [0.25, 0.3) is 23.7 Å². The highest BCUT2D eigenvalue weighted by Gasteiger charge is 2.68. The topological polar surface area (TPSA) is 232 Å². The second-order valence-corrected chi connectivity index (χ2v) is 27.6. The van der Waals surface area contributed by atoms with Crippen LogP contribution >= 0.6 is 0 Å². The molecule has 5 aliphatic heterocycles. The Balaban J connectivity index is 0.000000240. The lowest BCUT2D eigenvalue weighted by Crippen LogP contribution is -2.65. The van der Waals surface area contributed by atoms with E-state index in [2.05, 4.69) is 41.1 Å². The maximum atomic E-state index is 13.9. The van der Waals surface area contributed by atoms with E-state index in [1.54, 1.807) is 37.5 Å². The van der Waals surface area contributed by atoms with Crippen molar-refractivity contribution in [2.45, 2.75) is 179 Å². The van der Waals surface area contributed by atoms with E-state index in [1.165, 1.54) is 22.0 Å². The average molecular weight is 1270 g/mol. The number of rotatable bonds is 20. The SMILES string of the molecule is CC(C)CB(O)O.[C-]#[N+]C(=CC(C)(C)N1CCC(F)(F)C1)C(=O)N1CCO[C@H](CC(=O)N[C@@H](Cc2ccccc2)B(O)O)C1.[C-]#[N+]C(=CC(C)(C)N1CCC(F)(F)C1)C(=O)N1CCO[C@H](CC(=O)N[C@@H](Cc2ccccc2)B2O[C@@H]3C[C@@H]4C[C@@H](C4(C)C)[C@]3(C)O2)C1. The smallest absolute Gasteiger partial charge is 0.427 e. The molecule has 3 saturated carbocycles. The van der Waals surface area contributed by atoms with Crippen LogP contribution in [0.1, 0.15) is 112 Å². The molecule has 4 amide bonds. The number of likely N-dealkylation sites (tertiary alicyclic amines) is 2. The number of amides is 4. The fourth-order valence-electron chi connectivity index (χ4n) is 13.6. The fraction of sp³-hybridized carbons (Fsp3) is 0.656. The zero-order chi connectivity index (χ0) is 66.9. The number of alkyl halides is 4. The van der Waals surface area contributed by atoms with Crippen molar-refractivity contribution in [3.8, 4) is 0 Å². The van der Waals surface area contributed by atoms with E-state index < -0.39 is 105 Å². The largest absolute Gasteiger partial charge is 0.482 e. The number of nitrogens with zero attached hydrogens (tertiary/aromatic N) is 6. The van der Waals surface area contributed by atoms with Gasteiger partial charge in [-0.05, 0) is 101 Å². The molecule has 0 aromatic heterocycles. The summed E-state index contributed by atoms with van der Waals surface area (Å²) in [6.07, 6.45) is 4.38. The van der Waals surface area contributed by atoms with Crippen LogP contribution in [0, 0.1) is 36.3 Å². The molecule has 0 spiro atoms. The molecule has 8 atom stereocenters. The van der Waals surface area contributed by atoms with Gasteiger partial charge in [-0.1, -0.05) is 101 Å². The first kappa shape index (κ1) is 72.7. The predicted octanol–water partition coefficient (Wildman–Crippen LogP) is 5.90. The standard InChI is InChI=1S/C35H47BF2N4O5.C25H33BF2N4O5.C4H11BO2/c1-32(2,42-13-12-35(37,38)22-42)20-26(39-6)31(44)41-14-15-45-25(21-41)19-30(43)40-29(16-23-10-8-7-9-11-23)36-46-28-18-24-17-27(33(24,3)4)34(28,5)47-36;1-24(2,32-10-9-25(27,28)17-32)15-20(29-3)23(34)31-11-12-37-19(16-31)14-22(33)30-21(26(35)36)13-18-7-5-4-6-8-18;1-4(2)3-5(6)7/h7-11,20,24-25,27-29H,12-19,21-22H2,1-5H3,(H,40,43);4-8,15,19,21,35-36H,9-14,16-17H2,1-2H3,(H,30,33);4,6-7H,3H2,1-2H3/t24-,25+,27-,28+,29-,34-;19-,21+;/m01./s1. The maximum Gasteiger partial charge on any atom is 0.482 e. The monoisotopic (exact) mass is 1270 g/mol. The lowest BCUT2D eigenvalue weighted by molar-refractivity contribution is -0.199. The van der Waals surface area contributed by atoms with Crippen LogP contribution < -0.4 is 10.6 Å². The van der Waals surface area contributed by atoms with Crippen molar-refractivity contribution in [3.63, 3.8) is 0 Å². The summed E-state index contributed by atoms with van der Waals surface area (Å²) in [7, 11) is -3.49. The third kappa shape index (κ3) is 19.5. The van der Waals surface area contributed by atoms with Crippen molar-refractivity contribution in [2.75, 3.05) is 65.6 Å². The minimum Gasteiger partial charge on any atom is -0.427 e. The number of hydrogen-bond acceptors (Lipinski definition) is 14. The van der Waals surface area contributed by atoms with E-state index in [4.69, 9.17) is 42.0 Å². The molecule has 5 heterocycles. The lowest BCUT2D eigenvalue weighted by atomic mass is 9.43. The molecule has 20 nitrogen and oxygen atoms in total. The van der Waals surface area contributed by atoms with Crippen LogP contribution in [0.15, 0.2) is 84.2 Å². The third-order valence-electron chi connectivity index (χ3n) is 18.9. The van der Waals surface area contributed by atoms with Gasteiger partial charge < -0.3 is 59.3 Å². The highest BCUT2D eigenvalue weighted by molar-refractivity contribution is 6.48. The van der Waals surface area contributed by atoms with Crippen LogP contribution in [-0.4, -0.2) is 209 Å². The van der Waals surface area contributed by atoms with E-state index in [0.29, 0.717) is 30.5 Å². The number of morpholine rings is 2. The van der Waals surface area contributed by atoms with Crippen LogP contribution in [0.4, 0.5) is 17.6 Å². The minimum absolute atomic E-state index is 0.0164. The van der Waals surface area contributed by atoms with Crippen LogP contribution in [0.2, 0.25) is 6.32 Å². The number of carbonyl (C=O) groups excluding carboxylic acids is 4. The van der Waals surface area contributed by atoms with Gasteiger partial charge in [-0.2, -0.15) is 0 Å². The number of hydrogen-bond donors (Lipinski definition) is 6. The number of halogens is 4. The Bertz CT molecular complexity index is 2970. The lowest BCUT2D eigenvalue weighted by Gasteiger charge is -2.64. The Labute approximate surface area is 534 Å². The minimum atomic E-state index is -2.79. The second kappa shape index (κ2) is 30.6. The number of ether oxygens (including phenoxy) is 2. The fourth-order valence-corrected chi connectivity index (χ4v) is 13.6. The van der Waals surface area contributed by atoms with E-state index in [0.717, 1.165) is 24.0 Å². The molecule has 8 fully saturated rings. The highest BCUT2D eigenvalue weighted by atomic mass is 19.3. The summed E-state index contributed by atoms with van der Waals surface area (Å²) >= 11 is 0. The zero-order valence-corrected chi connectivity index (χ0v) is 54.0. The van der Waals surface area contributed by atoms with E-state index >= 15 is 0 Å². The molecule has 2 aromatic rings. The Morgan fingerprint density at radius 1 is 0.714 bits per heavy atom. The normalized spacial score (nSPS) is 26.1. The molecule has 2 bridgehead atoms. The highest BCUT2D eigenvalue weighted by Crippen LogP contribution is 2.66. The predicted molar refractivity (Wildman–Crippen MR) is 336 cm³/mol. The van der Waals surface area contributed by atoms with Crippen molar-refractivity contribution in [3.05, 3.63) is 118 Å². The maximum absolute atomic E-state index is 13.9. The zero-order valence-electron chi connectivity index (χ0n) is 54.0. The van der Waals surface area contributed by atoms with Gasteiger partial charge in [-0.25, -0.2) is 27.3 Å². The molecule has 2 aromatic carbocycles. The summed E-state index contributed by atoms with van der Waals surface area (Å²) in [5.41, 5.74) is -0.436. The Morgan fingerprint density at radius 2 is 1.18 bits per heavy atom. The number of carbonyl (C=O) groups is 4. The summed E-state index contributed by atoms with van der Waals surface area (Å²) in [6, 6.07) is 19.0. The Morgan fingerprint density at radius 3 is 1.57 bits per heavy atom. The van der Waals surface area contributed by atoms with Crippen molar-refractivity contribution >= 4 is 45.0 Å². The average Bonchev–Trinajstić information content (AvgIpc) is 1.67. The molecule has 5 saturated heterocycles. The molecule has 0 radical (unpaired) electrons. The molecule has 10 rings (SSSR count). The van der Waals surface area contributed by atoms with Crippen LogP contribution in [0.3, 0.4) is 0 Å². The molecule has 496 valence electrons. The summed E-state index contributed by atoms with van der Waals surface area (Å²) in [4.78, 5) is 65.7. The van der Waals surface area contributed by atoms with Crippen molar-refractivity contribution < 1.29 is 75.6 Å². The van der Waals surface area contributed by atoms with E-state index in [-0.39, 0.29) is 113 Å². The van der Waals surface area contributed by atoms with Gasteiger partial charge in [0.2, 0.25) is 23.2 Å².